The number of hydrogen-bond donors (Lipinski definition) is 4. The Bertz CT molecular complexity index is 1270. The van der Waals surface area contributed by atoms with Gasteiger partial charge < -0.3 is 15.5 Å². The standard InChI is InChI=1S/C34H52N2O6S/c1-5-24-28-19-22(37)15-17-34(28,4)27-16-18-33(3)25(12-13-26(33)31(27)32(24)40)21(2)11-14-29(38)35-20-30(39)36-43(41,42)23-9-7-6-8-10-23/h6-10,21-22,24-28,31-32,37,40H,5,11-20H2,1-4H3,(H,35,38)(H,36,39)/t21-,22-,24-,25-,26+,27+,28+,31+,32-,33-,34-/m1/s1. The van der Waals surface area contributed by atoms with Gasteiger partial charge in [0.05, 0.1) is 23.6 Å². The Morgan fingerprint density at radius 1 is 0.953 bits per heavy atom. The number of aliphatic hydroxyl groups excluding tert-OH is 2. The molecule has 9 heteroatoms. The third-order valence-electron chi connectivity index (χ3n) is 12.7. The number of sulfonamides is 1. The number of benzene rings is 1. The van der Waals surface area contributed by atoms with Crippen LogP contribution in [0.2, 0.25) is 0 Å². The maximum atomic E-state index is 12.7. The second-order valence-electron chi connectivity index (χ2n) is 14.8. The molecule has 4 N–H and O–H groups in total. The molecule has 0 aliphatic heterocycles. The lowest BCUT2D eigenvalue weighted by Crippen LogP contribution is -2.62. The van der Waals surface area contributed by atoms with E-state index in [1.807, 2.05) is 4.72 Å². The molecule has 2 amide bonds. The molecule has 0 spiro atoms. The van der Waals surface area contributed by atoms with Crippen molar-refractivity contribution in [3.05, 3.63) is 30.3 Å². The number of nitrogens with one attached hydrogen (secondary N) is 2. The summed E-state index contributed by atoms with van der Waals surface area (Å²) in [5.41, 5.74) is 0.305. The van der Waals surface area contributed by atoms with Crippen LogP contribution in [-0.4, -0.2) is 49.2 Å². The molecule has 1 aromatic rings. The molecular formula is C34H52N2O6S. The monoisotopic (exact) mass is 616 g/mol. The van der Waals surface area contributed by atoms with Crippen LogP contribution < -0.4 is 10.0 Å². The molecule has 4 fully saturated rings. The first-order valence-corrected chi connectivity index (χ1v) is 18.0. The summed E-state index contributed by atoms with van der Waals surface area (Å²) in [7, 11) is -3.97. The first-order chi connectivity index (χ1) is 20.3. The Balaban J connectivity index is 1.17. The van der Waals surface area contributed by atoms with Gasteiger partial charge >= 0.3 is 0 Å². The predicted octanol–water partition coefficient (Wildman–Crippen LogP) is 4.65. The lowest BCUT2D eigenvalue weighted by molar-refractivity contribution is -0.203. The van der Waals surface area contributed by atoms with Crippen molar-refractivity contribution in [2.75, 3.05) is 6.54 Å². The van der Waals surface area contributed by atoms with Gasteiger partial charge in [0.25, 0.3) is 15.9 Å². The van der Waals surface area contributed by atoms with Crippen molar-refractivity contribution in [1.82, 2.24) is 10.0 Å². The highest BCUT2D eigenvalue weighted by atomic mass is 32.2. The topological polar surface area (TPSA) is 133 Å². The zero-order chi connectivity index (χ0) is 31.2. The summed E-state index contributed by atoms with van der Waals surface area (Å²) in [5, 5.41) is 25.0. The van der Waals surface area contributed by atoms with Crippen molar-refractivity contribution in [2.24, 2.45) is 52.3 Å². The summed E-state index contributed by atoms with van der Waals surface area (Å²) in [5.74, 6) is 1.65. The SMILES string of the molecule is CC[C@H]1[C@@H](O)[C@@H]2[C@H](CC[C@]3(C)[C@@H]([C@H](C)CCC(=O)NCC(=O)NS(=O)(=O)c4ccccc4)CC[C@@H]23)[C@@]2(C)CC[C@@H](O)C[C@@H]12. The molecule has 240 valence electrons. The van der Waals surface area contributed by atoms with Gasteiger partial charge in [-0.3, -0.25) is 9.59 Å². The minimum absolute atomic E-state index is 0.00155. The third kappa shape index (κ3) is 6.02. The molecule has 0 radical (unpaired) electrons. The van der Waals surface area contributed by atoms with Crippen LogP contribution >= 0.6 is 0 Å². The van der Waals surface area contributed by atoms with Crippen LogP contribution in [0.3, 0.4) is 0 Å². The van der Waals surface area contributed by atoms with Gasteiger partial charge in [-0.25, -0.2) is 13.1 Å². The van der Waals surface area contributed by atoms with Crippen molar-refractivity contribution >= 4 is 21.8 Å². The molecule has 11 atom stereocenters. The minimum atomic E-state index is -3.97. The van der Waals surface area contributed by atoms with Crippen LogP contribution in [0.25, 0.3) is 0 Å². The normalized spacial score (nSPS) is 39.6. The second kappa shape index (κ2) is 12.4. The second-order valence-corrected chi connectivity index (χ2v) is 16.4. The van der Waals surface area contributed by atoms with E-state index in [0.29, 0.717) is 41.9 Å². The number of carbonyl (C=O) groups excluding carboxylic acids is 2. The number of aliphatic hydroxyl groups is 2. The molecule has 0 saturated heterocycles. The number of carbonyl (C=O) groups is 2. The van der Waals surface area contributed by atoms with Crippen molar-refractivity contribution < 1.29 is 28.2 Å². The summed E-state index contributed by atoms with van der Waals surface area (Å²) in [6, 6.07) is 7.67. The van der Waals surface area contributed by atoms with E-state index in [1.54, 1.807) is 18.2 Å². The molecule has 4 aliphatic carbocycles. The number of fused-ring (bicyclic) bond motifs is 5. The summed E-state index contributed by atoms with van der Waals surface area (Å²) >= 11 is 0. The van der Waals surface area contributed by atoms with Crippen LogP contribution in [-0.2, 0) is 19.6 Å². The summed E-state index contributed by atoms with van der Waals surface area (Å²) < 4.78 is 26.8. The average molecular weight is 617 g/mol. The number of rotatable bonds is 9. The first kappa shape index (κ1) is 32.4. The average Bonchev–Trinajstić information content (AvgIpc) is 3.33. The van der Waals surface area contributed by atoms with E-state index in [0.717, 1.165) is 51.4 Å². The van der Waals surface area contributed by atoms with E-state index in [9.17, 15) is 28.2 Å². The van der Waals surface area contributed by atoms with Gasteiger partial charge in [-0.15, -0.1) is 0 Å². The lowest BCUT2D eigenvalue weighted by Gasteiger charge is -2.64. The van der Waals surface area contributed by atoms with Crippen LogP contribution in [0.5, 0.6) is 0 Å². The Hall–Kier alpha value is -1.97. The van der Waals surface area contributed by atoms with Gasteiger partial charge in [-0.05, 0) is 116 Å². The van der Waals surface area contributed by atoms with Crippen molar-refractivity contribution in [3.8, 4) is 0 Å². The van der Waals surface area contributed by atoms with Crippen molar-refractivity contribution in [2.45, 2.75) is 109 Å². The van der Waals surface area contributed by atoms with Crippen LogP contribution in [0.1, 0.15) is 91.9 Å². The molecule has 1 aromatic carbocycles. The number of amides is 2. The Labute approximate surface area is 257 Å². The molecule has 0 aromatic heterocycles. The fraction of sp³-hybridized carbons (Fsp3) is 0.765. The van der Waals surface area contributed by atoms with Gasteiger partial charge in [-0.1, -0.05) is 52.3 Å². The fourth-order valence-corrected chi connectivity index (χ4v) is 11.6. The van der Waals surface area contributed by atoms with Crippen LogP contribution in [0.4, 0.5) is 0 Å². The van der Waals surface area contributed by atoms with E-state index in [2.05, 4.69) is 33.0 Å². The zero-order valence-electron chi connectivity index (χ0n) is 26.3. The fourth-order valence-electron chi connectivity index (χ4n) is 10.6. The lowest BCUT2D eigenvalue weighted by atomic mass is 9.41. The highest BCUT2D eigenvalue weighted by Gasteiger charge is 2.64. The van der Waals surface area contributed by atoms with E-state index in [4.69, 9.17) is 0 Å². The van der Waals surface area contributed by atoms with Gasteiger partial charge in [0.15, 0.2) is 0 Å². The van der Waals surface area contributed by atoms with Gasteiger partial charge in [0.1, 0.15) is 0 Å². The Kier molecular flexibility index (Phi) is 9.38. The quantitative estimate of drug-likeness (QED) is 0.319. The molecule has 0 unspecified atom stereocenters. The maximum Gasteiger partial charge on any atom is 0.264 e. The summed E-state index contributed by atoms with van der Waals surface area (Å²) in [6.07, 6.45) is 8.62. The zero-order valence-corrected chi connectivity index (χ0v) is 27.1. The smallest absolute Gasteiger partial charge is 0.264 e. The van der Waals surface area contributed by atoms with Gasteiger partial charge in [0, 0.05) is 6.42 Å². The molecule has 4 aliphatic rings. The Morgan fingerprint density at radius 3 is 2.33 bits per heavy atom. The summed E-state index contributed by atoms with van der Waals surface area (Å²) in [4.78, 5) is 24.9. The van der Waals surface area contributed by atoms with Crippen molar-refractivity contribution in [1.29, 1.82) is 0 Å². The Morgan fingerprint density at radius 2 is 1.63 bits per heavy atom. The van der Waals surface area contributed by atoms with Crippen LogP contribution in [0, 0.1) is 52.3 Å². The minimum Gasteiger partial charge on any atom is -0.393 e. The molecule has 0 bridgehead atoms. The highest BCUT2D eigenvalue weighted by Crippen LogP contribution is 2.69. The molecule has 43 heavy (non-hydrogen) atoms. The molecular weight excluding hydrogens is 564 g/mol. The van der Waals surface area contributed by atoms with E-state index in [1.165, 1.54) is 12.1 Å². The van der Waals surface area contributed by atoms with E-state index >= 15 is 0 Å². The van der Waals surface area contributed by atoms with Crippen LogP contribution in [0.15, 0.2) is 35.2 Å². The predicted molar refractivity (Wildman–Crippen MR) is 165 cm³/mol. The third-order valence-corrected chi connectivity index (χ3v) is 14.1. The van der Waals surface area contributed by atoms with Crippen molar-refractivity contribution in [3.63, 3.8) is 0 Å². The van der Waals surface area contributed by atoms with E-state index in [-0.39, 0.29) is 46.2 Å². The molecule has 5 rings (SSSR count). The summed E-state index contributed by atoms with van der Waals surface area (Å²) in [6.45, 7) is 8.95. The van der Waals surface area contributed by atoms with Gasteiger partial charge in [-0.2, -0.15) is 0 Å². The molecule has 0 heterocycles. The first-order valence-electron chi connectivity index (χ1n) is 16.5. The largest absolute Gasteiger partial charge is 0.393 e. The highest BCUT2D eigenvalue weighted by molar-refractivity contribution is 7.90. The van der Waals surface area contributed by atoms with Gasteiger partial charge in [0.2, 0.25) is 5.91 Å². The molecule has 8 nitrogen and oxygen atoms in total. The maximum absolute atomic E-state index is 12.7. The number of hydrogen-bond acceptors (Lipinski definition) is 6. The molecule has 4 saturated carbocycles. The van der Waals surface area contributed by atoms with E-state index < -0.39 is 22.5 Å².